The molecule has 0 radical (unpaired) electrons. The van der Waals surface area contributed by atoms with Crippen LogP contribution < -0.4 is 10.6 Å². The summed E-state index contributed by atoms with van der Waals surface area (Å²) >= 11 is 6.06. The number of hydrogen-bond donors (Lipinski definition) is 2. The first-order valence-electron chi connectivity index (χ1n) is 12.3. The predicted molar refractivity (Wildman–Crippen MR) is 147 cm³/mol. The van der Waals surface area contributed by atoms with Crippen molar-refractivity contribution in [3.05, 3.63) is 70.4 Å². The molecule has 0 saturated heterocycles. The first-order chi connectivity index (χ1) is 17.0. The Hall–Kier alpha value is -3.32. The molecule has 0 unspecified atom stereocenters. The van der Waals surface area contributed by atoms with E-state index in [9.17, 15) is 9.59 Å². The molecule has 0 aliphatic rings. The normalized spacial score (nSPS) is 11.3. The van der Waals surface area contributed by atoms with E-state index >= 15 is 0 Å². The number of nitrogens with one attached hydrogen (secondary N) is 2. The number of benzene rings is 2. The molecular weight excluding hydrogens is 474 g/mol. The number of aryl methyl sites for hydroxylation is 2. The highest BCUT2D eigenvalue weighted by atomic mass is 35.5. The summed E-state index contributed by atoms with van der Waals surface area (Å²) < 4.78 is 1.69. The minimum atomic E-state index is -0.302. The third kappa shape index (κ3) is 7.10. The maximum absolute atomic E-state index is 13.1. The van der Waals surface area contributed by atoms with Crippen LogP contribution in [0.5, 0.6) is 0 Å². The van der Waals surface area contributed by atoms with Crippen LogP contribution in [-0.4, -0.2) is 39.7 Å². The number of halogens is 1. The molecule has 2 N–H and O–H groups in total. The molecule has 0 spiro atoms. The van der Waals surface area contributed by atoms with E-state index in [4.69, 9.17) is 16.7 Å². The number of aromatic nitrogens is 2. The lowest BCUT2D eigenvalue weighted by Crippen LogP contribution is -2.41. The van der Waals surface area contributed by atoms with Crippen molar-refractivity contribution in [2.24, 2.45) is 0 Å². The number of amides is 3. The van der Waals surface area contributed by atoms with E-state index in [-0.39, 0.29) is 23.9 Å². The van der Waals surface area contributed by atoms with E-state index in [2.05, 4.69) is 38.3 Å². The first kappa shape index (κ1) is 27.3. The van der Waals surface area contributed by atoms with Gasteiger partial charge in [0.2, 0.25) is 5.91 Å². The third-order valence-electron chi connectivity index (χ3n) is 5.98. The maximum Gasteiger partial charge on any atom is 0.322 e. The van der Waals surface area contributed by atoms with E-state index in [1.807, 2.05) is 50.2 Å². The van der Waals surface area contributed by atoms with Crippen LogP contribution in [0.25, 0.3) is 5.69 Å². The SMILES string of the molecule is CCCCN(CC(=O)Nc1cc(C(C)(C)C)nn1-c1ccc(Cl)cc1)C(=O)Nc1ccc(C)c(C)c1. The van der Waals surface area contributed by atoms with Crippen LogP contribution in [0.1, 0.15) is 57.4 Å². The molecule has 1 aromatic heterocycles. The molecule has 2 aromatic carbocycles. The second-order valence-electron chi connectivity index (χ2n) is 10.1. The summed E-state index contributed by atoms with van der Waals surface area (Å²) in [5.74, 6) is 0.245. The van der Waals surface area contributed by atoms with Crippen LogP contribution in [0.15, 0.2) is 48.5 Å². The minimum Gasteiger partial charge on any atom is -0.315 e. The highest BCUT2D eigenvalue weighted by molar-refractivity contribution is 6.30. The molecule has 0 aliphatic carbocycles. The molecule has 0 fully saturated rings. The summed E-state index contributed by atoms with van der Waals surface area (Å²) in [7, 11) is 0. The Morgan fingerprint density at radius 2 is 1.69 bits per heavy atom. The number of anilines is 2. The van der Waals surface area contributed by atoms with Crippen molar-refractivity contribution < 1.29 is 9.59 Å². The lowest BCUT2D eigenvalue weighted by Gasteiger charge is -2.23. The Morgan fingerprint density at radius 3 is 2.31 bits per heavy atom. The molecule has 7 nitrogen and oxygen atoms in total. The van der Waals surface area contributed by atoms with Gasteiger partial charge in [-0.05, 0) is 67.8 Å². The molecule has 0 bridgehead atoms. The second-order valence-corrected chi connectivity index (χ2v) is 10.5. The summed E-state index contributed by atoms with van der Waals surface area (Å²) in [5.41, 5.74) is 4.36. The standard InChI is InChI=1S/C28H36ClN5O2/c1-7-8-15-33(27(36)30-22-12-9-19(2)20(3)16-22)18-26(35)31-25-17-24(28(4,5)6)32-34(25)23-13-10-21(29)11-14-23/h9-14,16-17H,7-8,15,18H2,1-6H3,(H,30,36)(H,31,35). The van der Waals surface area contributed by atoms with Gasteiger partial charge in [-0.15, -0.1) is 0 Å². The van der Waals surface area contributed by atoms with Gasteiger partial charge in [-0.1, -0.05) is 51.8 Å². The van der Waals surface area contributed by atoms with Crippen molar-refractivity contribution in [3.63, 3.8) is 0 Å². The van der Waals surface area contributed by atoms with E-state index in [0.717, 1.165) is 35.3 Å². The van der Waals surface area contributed by atoms with E-state index in [0.29, 0.717) is 23.1 Å². The Balaban J connectivity index is 1.80. The van der Waals surface area contributed by atoms with Gasteiger partial charge in [0, 0.05) is 28.7 Å². The Kier molecular flexibility index (Phi) is 8.79. The Morgan fingerprint density at radius 1 is 1.00 bits per heavy atom. The van der Waals surface area contributed by atoms with Gasteiger partial charge < -0.3 is 15.5 Å². The van der Waals surface area contributed by atoms with Crippen LogP contribution in [0.3, 0.4) is 0 Å². The summed E-state index contributed by atoms with van der Waals surface area (Å²) in [6.45, 7) is 12.7. The van der Waals surface area contributed by atoms with Crippen molar-refractivity contribution in [2.75, 3.05) is 23.7 Å². The molecule has 8 heteroatoms. The van der Waals surface area contributed by atoms with Gasteiger partial charge in [0.15, 0.2) is 0 Å². The van der Waals surface area contributed by atoms with Gasteiger partial charge in [0.1, 0.15) is 12.4 Å². The molecule has 0 aliphatic heterocycles. The van der Waals surface area contributed by atoms with Crippen LogP contribution in [-0.2, 0) is 10.2 Å². The zero-order valence-corrected chi connectivity index (χ0v) is 22.7. The van der Waals surface area contributed by atoms with Crippen molar-refractivity contribution in [3.8, 4) is 5.69 Å². The van der Waals surface area contributed by atoms with Gasteiger partial charge in [-0.25, -0.2) is 9.48 Å². The van der Waals surface area contributed by atoms with Crippen molar-refractivity contribution in [1.82, 2.24) is 14.7 Å². The van der Waals surface area contributed by atoms with Gasteiger partial charge in [0.25, 0.3) is 0 Å². The second kappa shape index (κ2) is 11.6. The summed E-state index contributed by atoms with van der Waals surface area (Å²) in [5, 5.41) is 11.3. The molecule has 1 heterocycles. The molecule has 0 atom stereocenters. The Bertz CT molecular complexity index is 1210. The first-order valence-corrected chi connectivity index (χ1v) is 12.6. The largest absolute Gasteiger partial charge is 0.322 e. The number of rotatable bonds is 8. The topological polar surface area (TPSA) is 79.3 Å². The number of carbonyl (C=O) groups is 2. The fraction of sp³-hybridized carbons (Fsp3) is 0.393. The van der Waals surface area contributed by atoms with Crippen molar-refractivity contribution in [2.45, 2.75) is 59.8 Å². The molecule has 3 amide bonds. The zero-order chi connectivity index (χ0) is 26.5. The van der Waals surface area contributed by atoms with E-state index in [1.165, 1.54) is 0 Å². The van der Waals surface area contributed by atoms with Crippen molar-refractivity contribution >= 4 is 35.0 Å². The summed E-state index contributed by atoms with van der Waals surface area (Å²) in [4.78, 5) is 27.7. The molecule has 3 aromatic rings. The van der Waals surface area contributed by atoms with Gasteiger partial charge in [-0.2, -0.15) is 5.10 Å². The fourth-order valence-electron chi connectivity index (χ4n) is 3.59. The Labute approximate surface area is 218 Å². The number of carbonyl (C=O) groups excluding carboxylic acids is 2. The number of hydrogen-bond acceptors (Lipinski definition) is 3. The quantitative estimate of drug-likeness (QED) is 0.354. The van der Waals surface area contributed by atoms with Crippen molar-refractivity contribution in [1.29, 1.82) is 0 Å². The highest BCUT2D eigenvalue weighted by Gasteiger charge is 2.23. The minimum absolute atomic E-state index is 0.0761. The van der Waals surface area contributed by atoms with Gasteiger partial charge in [0.05, 0.1) is 11.4 Å². The molecule has 36 heavy (non-hydrogen) atoms. The third-order valence-corrected chi connectivity index (χ3v) is 6.23. The fourth-order valence-corrected chi connectivity index (χ4v) is 3.72. The summed E-state index contributed by atoms with van der Waals surface area (Å²) in [6, 6.07) is 14.6. The van der Waals surface area contributed by atoms with E-state index < -0.39 is 0 Å². The number of unbranched alkanes of at least 4 members (excludes halogenated alkanes) is 1. The zero-order valence-electron chi connectivity index (χ0n) is 22.0. The molecule has 192 valence electrons. The highest BCUT2D eigenvalue weighted by Crippen LogP contribution is 2.27. The summed E-state index contributed by atoms with van der Waals surface area (Å²) in [6.07, 6.45) is 1.71. The van der Waals surface area contributed by atoms with Gasteiger partial charge in [-0.3, -0.25) is 4.79 Å². The predicted octanol–water partition coefficient (Wildman–Crippen LogP) is 6.71. The molecular formula is C28H36ClN5O2. The van der Waals surface area contributed by atoms with Crippen LogP contribution >= 0.6 is 11.6 Å². The lowest BCUT2D eigenvalue weighted by atomic mass is 9.92. The average Bonchev–Trinajstić information content (AvgIpc) is 3.23. The van der Waals surface area contributed by atoms with E-state index in [1.54, 1.807) is 21.7 Å². The van der Waals surface area contributed by atoms with Crippen LogP contribution in [0.2, 0.25) is 5.02 Å². The maximum atomic E-state index is 13.1. The number of nitrogens with zero attached hydrogens (tertiary/aromatic N) is 3. The van der Waals surface area contributed by atoms with Crippen LogP contribution in [0.4, 0.5) is 16.3 Å². The lowest BCUT2D eigenvalue weighted by molar-refractivity contribution is -0.116. The monoisotopic (exact) mass is 509 g/mol. The smallest absolute Gasteiger partial charge is 0.315 e. The molecule has 0 saturated carbocycles. The average molecular weight is 510 g/mol. The molecule has 3 rings (SSSR count). The van der Waals surface area contributed by atoms with Crippen LogP contribution in [0, 0.1) is 13.8 Å². The number of urea groups is 1. The van der Waals surface area contributed by atoms with Gasteiger partial charge >= 0.3 is 6.03 Å².